The van der Waals surface area contributed by atoms with Crippen molar-refractivity contribution in [1.29, 1.82) is 0 Å². The van der Waals surface area contributed by atoms with E-state index >= 15 is 0 Å². The molecule has 2 aromatic carbocycles. The van der Waals surface area contributed by atoms with Gasteiger partial charge in [0.05, 0.1) is 10.6 Å². The van der Waals surface area contributed by atoms with E-state index in [9.17, 15) is 14.9 Å². The molecule has 1 aliphatic rings. The number of hydrogen-bond acceptors (Lipinski definition) is 6. The van der Waals surface area contributed by atoms with Crippen molar-refractivity contribution < 1.29 is 19.2 Å². The lowest BCUT2D eigenvalue weighted by molar-refractivity contribution is -0.384. The smallest absolute Gasteiger partial charge is 0.271 e. The minimum atomic E-state index is -0.558. The van der Waals surface area contributed by atoms with Crippen molar-refractivity contribution in [2.45, 2.75) is 6.92 Å². The van der Waals surface area contributed by atoms with E-state index in [1.807, 2.05) is 0 Å². The number of carbonyl (C=O) groups excluding carboxylic acids is 1. The van der Waals surface area contributed by atoms with Crippen molar-refractivity contribution in [1.82, 2.24) is 5.43 Å². The van der Waals surface area contributed by atoms with Crippen LogP contribution in [-0.4, -0.2) is 23.3 Å². The Kier molecular flexibility index (Phi) is 4.11. The highest BCUT2D eigenvalue weighted by Gasteiger charge is 2.15. The summed E-state index contributed by atoms with van der Waals surface area (Å²) < 4.78 is 10.5. The zero-order valence-electron chi connectivity index (χ0n) is 12.7. The van der Waals surface area contributed by atoms with Crippen molar-refractivity contribution in [2.75, 3.05) is 6.79 Å². The van der Waals surface area contributed by atoms with E-state index in [1.54, 1.807) is 25.1 Å². The largest absolute Gasteiger partial charge is 0.454 e. The summed E-state index contributed by atoms with van der Waals surface area (Å²) in [6.07, 6.45) is 0. The minimum absolute atomic E-state index is 0.154. The average molecular weight is 327 g/mol. The van der Waals surface area contributed by atoms with Gasteiger partial charge < -0.3 is 9.47 Å². The second-order valence-corrected chi connectivity index (χ2v) is 5.01. The second kappa shape index (κ2) is 6.37. The number of nitrogens with one attached hydrogen (secondary N) is 1. The third-order valence-electron chi connectivity index (χ3n) is 3.43. The highest BCUT2D eigenvalue weighted by Crippen LogP contribution is 2.32. The summed E-state index contributed by atoms with van der Waals surface area (Å²) in [5.41, 5.74) is 3.72. The Morgan fingerprint density at radius 1 is 1.17 bits per heavy atom. The Morgan fingerprint density at radius 3 is 2.75 bits per heavy atom. The van der Waals surface area contributed by atoms with Crippen LogP contribution in [0.15, 0.2) is 47.6 Å². The molecule has 8 heteroatoms. The number of non-ortho nitro benzene ring substituents is 1. The first kappa shape index (κ1) is 15.5. The number of nitro groups is 1. The Hall–Kier alpha value is -3.42. The van der Waals surface area contributed by atoms with Crippen LogP contribution in [0.2, 0.25) is 0 Å². The molecule has 3 rings (SSSR count). The molecule has 0 bridgehead atoms. The monoisotopic (exact) mass is 327 g/mol. The Labute approximate surface area is 136 Å². The van der Waals surface area contributed by atoms with Crippen molar-refractivity contribution in [3.05, 3.63) is 63.7 Å². The zero-order chi connectivity index (χ0) is 17.1. The molecule has 1 amide bonds. The molecule has 1 heterocycles. The summed E-state index contributed by atoms with van der Waals surface area (Å²) in [5, 5.41) is 14.8. The first-order valence-corrected chi connectivity index (χ1v) is 7.04. The lowest BCUT2D eigenvalue weighted by Gasteiger charge is -2.04. The fraction of sp³-hybridized carbons (Fsp3) is 0.125. The molecule has 0 radical (unpaired) electrons. The lowest BCUT2D eigenvalue weighted by Crippen LogP contribution is -2.19. The number of fused-ring (bicyclic) bond motifs is 1. The van der Waals surface area contributed by atoms with E-state index in [2.05, 4.69) is 10.5 Å². The molecule has 0 aromatic heterocycles. The number of ether oxygens (including phenoxy) is 2. The summed E-state index contributed by atoms with van der Waals surface area (Å²) in [4.78, 5) is 22.2. The summed E-state index contributed by atoms with van der Waals surface area (Å²) >= 11 is 0. The number of nitro benzene ring substituents is 1. The summed E-state index contributed by atoms with van der Waals surface area (Å²) in [5.74, 6) is 0.748. The van der Waals surface area contributed by atoms with Crippen molar-refractivity contribution in [3.8, 4) is 11.5 Å². The van der Waals surface area contributed by atoms with Crippen LogP contribution in [0, 0.1) is 10.1 Å². The van der Waals surface area contributed by atoms with Crippen LogP contribution in [-0.2, 0) is 0 Å². The minimum Gasteiger partial charge on any atom is -0.454 e. The fourth-order valence-corrected chi connectivity index (χ4v) is 2.15. The maximum absolute atomic E-state index is 12.1. The van der Waals surface area contributed by atoms with E-state index in [-0.39, 0.29) is 18.0 Å². The number of benzene rings is 2. The van der Waals surface area contributed by atoms with Crippen LogP contribution in [0.1, 0.15) is 22.8 Å². The molecule has 0 unspecified atom stereocenters. The third-order valence-corrected chi connectivity index (χ3v) is 3.43. The molecule has 2 aromatic rings. The van der Waals surface area contributed by atoms with Gasteiger partial charge in [-0.25, -0.2) is 5.43 Å². The van der Waals surface area contributed by atoms with Crippen molar-refractivity contribution >= 4 is 17.3 Å². The number of hydrogen-bond donors (Lipinski definition) is 1. The molecule has 1 N–H and O–H groups in total. The molecular weight excluding hydrogens is 314 g/mol. The molecule has 24 heavy (non-hydrogen) atoms. The SMILES string of the molecule is C/C(=N\NC(=O)c1cccc([N+](=O)[O-])c1)c1ccc2c(c1)OCO2. The Balaban J connectivity index is 1.74. The number of nitrogens with zero attached hydrogens (tertiary/aromatic N) is 2. The van der Waals surface area contributed by atoms with Gasteiger partial charge in [0.25, 0.3) is 11.6 Å². The van der Waals surface area contributed by atoms with E-state index < -0.39 is 10.8 Å². The summed E-state index contributed by atoms with van der Waals surface area (Å²) in [6, 6.07) is 10.8. The predicted molar refractivity (Wildman–Crippen MR) is 85.3 cm³/mol. The number of rotatable bonds is 4. The normalized spacial score (nSPS) is 12.8. The first-order valence-electron chi connectivity index (χ1n) is 7.04. The van der Waals surface area contributed by atoms with Gasteiger partial charge in [0.15, 0.2) is 11.5 Å². The predicted octanol–water partition coefficient (Wildman–Crippen LogP) is 2.48. The number of amides is 1. The molecular formula is C16H13N3O5. The highest BCUT2D eigenvalue weighted by molar-refractivity contribution is 6.01. The second-order valence-electron chi connectivity index (χ2n) is 5.01. The number of hydrazone groups is 1. The van der Waals surface area contributed by atoms with Crippen molar-refractivity contribution in [2.24, 2.45) is 5.10 Å². The fourth-order valence-electron chi connectivity index (χ4n) is 2.15. The molecule has 0 spiro atoms. The van der Waals surface area contributed by atoms with Gasteiger partial charge in [-0.05, 0) is 31.2 Å². The van der Waals surface area contributed by atoms with E-state index in [4.69, 9.17) is 9.47 Å². The molecule has 0 saturated heterocycles. The zero-order valence-corrected chi connectivity index (χ0v) is 12.7. The molecule has 8 nitrogen and oxygen atoms in total. The van der Waals surface area contributed by atoms with Crippen LogP contribution in [0.4, 0.5) is 5.69 Å². The van der Waals surface area contributed by atoms with Gasteiger partial charge in [-0.1, -0.05) is 6.07 Å². The first-order chi connectivity index (χ1) is 11.5. The number of carbonyl (C=O) groups is 1. The summed E-state index contributed by atoms with van der Waals surface area (Å²) in [7, 11) is 0. The average Bonchev–Trinajstić information content (AvgIpc) is 3.07. The molecule has 122 valence electrons. The quantitative estimate of drug-likeness (QED) is 0.528. The van der Waals surface area contributed by atoms with Gasteiger partial charge in [0.2, 0.25) is 6.79 Å². The van der Waals surface area contributed by atoms with E-state index in [1.165, 1.54) is 24.3 Å². The van der Waals surface area contributed by atoms with E-state index in [0.29, 0.717) is 17.2 Å². The van der Waals surface area contributed by atoms with Gasteiger partial charge in [0, 0.05) is 23.3 Å². The Bertz CT molecular complexity index is 847. The van der Waals surface area contributed by atoms with Gasteiger partial charge >= 0.3 is 0 Å². The van der Waals surface area contributed by atoms with Crippen LogP contribution in [0.25, 0.3) is 0 Å². The van der Waals surface area contributed by atoms with Crippen LogP contribution in [0.5, 0.6) is 11.5 Å². The maximum Gasteiger partial charge on any atom is 0.271 e. The van der Waals surface area contributed by atoms with Gasteiger partial charge in [-0.3, -0.25) is 14.9 Å². The molecule has 1 aliphatic heterocycles. The van der Waals surface area contributed by atoms with Crippen LogP contribution in [0.3, 0.4) is 0 Å². The molecule has 0 saturated carbocycles. The topological polar surface area (TPSA) is 103 Å². The third kappa shape index (κ3) is 3.17. The van der Waals surface area contributed by atoms with E-state index in [0.717, 1.165) is 5.56 Å². The van der Waals surface area contributed by atoms with Crippen molar-refractivity contribution in [3.63, 3.8) is 0 Å². The molecule has 0 atom stereocenters. The molecule has 0 aliphatic carbocycles. The lowest BCUT2D eigenvalue weighted by atomic mass is 10.1. The van der Waals surface area contributed by atoms with Gasteiger partial charge in [-0.15, -0.1) is 0 Å². The van der Waals surface area contributed by atoms with Crippen LogP contribution >= 0.6 is 0 Å². The Morgan fingerprint density at radius 2 is 1.96 bits per heavy atom. The van der Waals surface area contributed by atoms with Gasteiger partial charge in [0.1, 0.15) is 0 Å². The van der Waals surface area contributed by atoms with Gasteiger partial charge in [-0.2, -0.15) is 5.10 Å². The standard InChI is InChI=1S/C16H13N3O5/c1-10(11-5-6-14-15(8-11)24-9-23-14)17-18-16(20)12-3-2-4-13(7-12)19(21)22/h2-8H,9H2,1H3,(H,18,20)/b17-10+. The highest BCUT2D eigenvalue weighted by atomic mass is 16.7. The van der Waals surface area contributed by atoms with Crippen LogP contribution < -0.4 is 14.9 Å². The summed E-state index contributed by atoms with van der Waals surface area (Å²) in [6.45, 7) is 1.91. The molecule has 0 fully saturated rings. The maximum atomic E-state index is 12.1.